The van der Waals surface area contributed by atoms with Crippen LogP contribution in [0.1, 0.15) is 26.5 Å². The van der Waals surface area contributed by atoms with E-state index in [9.17, 15) is 0 Å². The highest BCUT2D eigenvalue weighted by atomic mass is 79.9. The predicted octanol–water partition coefficient (Wildman–Crippen LogP) is 5.01. The van der Waals surface area contributed by atoms with E-state index in [0.717, 1.165) is 21.6 Å². The number of hydrogen-bond acceptors (Lipinski definition) is 1. The monoisotopic (exact) mass is 278 g/mol. The second-order valence-corrected chi connectivity index (χ2v) is 5.84. The summed E-state index contributed by atoms with van der Waals surface area (Å²) in [5.74, 6) is 1.94. The third-order valence-electron chi connectivity index (χ3n) is 2.45. The third kappa shape index (κ3) is 2.38. The molecule has 2 rings (SSSR count). The van der Waals surface area contributed by atoms with Gasteiger partial charge in [-0.25, -0.2) is 0 Å². The molecule has 2 heteroatoms. The maximum Gasteiger partial charge on any atom is 0.134 e. The molecule has 0 aliphatic rings. The fourth-order valence-corrected chi connectivity index (χ4v) is 1.94. The Morgan fingerprint density at radius 3 is 2.38 bits per heavy atom. The van der Waals surface area contributed by atoms with E-state index in [0.29, 0.717) is 0 Å². The van der Waals surface area contributed by atoms with E-state index in [2.05, 4.69) is 54.9 Å². The lowest BCUT2D eigenvalue weighted by atomic mass is 9.94. The normalized spacial score (nSPS) is 11.8. The maximum absolute atomic E-state index is 5.87. The van der Waals surface area contributed by atoms with Crippen molar-refractivity contribution in [3.8, 4) is 11.3 Å². The molecule has 0 N–H and O–H groups in total. The van der Waals surface area contributed by atoms with Gasteiger partial charge >= 0.3 is 0 Å². The van der Waals surface area contributed by atoms with Crippen LogP contribution in [0.5, 0.6) is 0 Å². The van der Waals surface area contributed by atoms with Crippen LogP contribution >= 0.6 is 15.9 Å². The summed E-state index contributed by atoms with van der Waals surface area (Å²) in [6, 6.07) is 12.2. The van der Waals surface area contributed by atoms with Crippen LogP contribution in [0.2, 0.25) is 0 Å². The van der Waals surface area contributed by atoms with Gasteiger partial charge in [-0.1, -0.05) is 48.8 Å². The Morgan fingerprint density at radius 1 is 1.06 bits per heavy atom. The van der Waals surface area contributed by atoms with Gasteiger partial charge in [0.2, 0.25) is 0 Å². The fraction of sp³-hybridized carbons (Fsp3) is 0.286. The van der Waals surface area contributed by atoms with E-state index < -0.39 is 0 Å². The quantitative estimate of drug-likeness (QED) is 0.715. The van der Waals surface area contributed by atoms with Crippen LogP contribution in [0, 0.1) is 0 Å². The first kappa shape index (κ1) is 11.5. The molecule has 1 aromatic carbocycles. The van der Waals surface area contributed by atoms with Gasteiger partial charge in [-0.2, -0.15) is 0 Å². The fourth-order valence-electron chi connectivity index (χ4n) is 1.54. The summed E-state index contributed by atoms with van der Waals surface area (Å²) in [6.07, 6.45) is 0. The van der Waals surface area contributed by atoms with E-state index in [4.69, 9.17) is 4.42 Å². The zero-order valence-electron chi connectivity index (χ0n) is 9.75. The lowest BCUT2D eigenvalue weighted by Gasteiger charge is -2.14. The Labute approximate surface area is 105 Å². The van der Waals surface area contributed by atoms with Crippen molar-refractivity contribution in [3.05, 3.63) is 46.6 Å². The molecule has 0 saturated heterocycles. The second kappa shape index (κ2) is 4.10. The molecular formula is C14H15BrO. The Bertz CT molecular complexity index is 491. The van der Waals surface area contributed by atoms with Gasteiger partial charge < -0.3 is 4.42 Å². The molecule has 0 saturated carbocycles. The second-order valence-electron chi connectivity index (χ2n) is 4.92. The summed E-state index contributed by atoms with van der Waals surface area (Å²) in [6.45, 7) is 6.45. The first-order valence-electron chi connectivity index (χ1n) is 5.33. The largest absolute Gasteiger partial charge is 0.461 e. The average molecular weight is 279 g/mol. The van der Waals surface area contributed by atoms with Gasteiger partial charge in [0, 0.05) is 15.5 Å². The van der Waals surface area contributed by atoms with Gasteiger partial charge in [0.25, 0.3) is 0 Å². The number of rotatable bonds is 1. The van der Waals surface area contributed by atoms with Crippen molar-refractivity contribution >= 4 is 15.9 Å². The molecule has 1 nitrogen and oxygen atoms in total. The Hall–Kier alpha value is -1.02. The first-order chi connectivity index (χ1) is 7.47. The van der Waals surface area contributed by atoms with Crippen LogP contribution in [0.25, 0.3) is 11.3 Å². The minimum atomic E-state index is 0.0598. The van der Waals surface area contributed by atoms with Crippen LogP contribution in [0.3, 0.4) is 0 Å². The molecule has 2 aromatic rings. The highest BCUT2D eigenvalue weighted by Crippen LogP contribution is 2.30. The predicted molar refractivity (Wildman–Crippen MR) is 70.5 cm³/mol. The van der Waals surface area contributed by atoms with Crippen molar-refractivity contribution in [2.75, 3.05) is 0 Å². The Morgan fingerprint density at radius 2 is 1.81 bits per heavy atom. The minimum absolute atomic E-state index is 0.0598. The molecule has 0 spiro atoms. The SMILES string of the molecule is CC(C)(C)c1ccc(-c2cccc(Br)c2)o1. The standard InChI is InChI=1S/C14H15BrO/c1-14(2,3)13-8-7-12(16-13)10-5-4-6-11(15)9-10/h4-9H,1-3H3. The van der Waals surface area contributed by atoms with E-state index in [1.54, 1.807) is 0 Å². The number of furan rings is 1. The zero-order valence-corrected chi connectivity index (χ0v) is 11.3. The van der Waals surface area contributed by atoms with Crippen LogP contribution in [-0.2, 0) is 5.41 Å². The summed E-state index contributed by atoms with van der Waals surface area (Å²) in [7, 11) is 0. The molecule has 1 aromatic heterocycles. The van der Waals surface area contributed by atoms with Crippen LogP contribution in [0.4, 0.5) is 0 Å². The highest BCUT2D eigenvalue weighted by molar-refractivity contribution is 9.10. The summed E-state index contributed by atoms with van der Waals surface area (Å²) >= 11 is 3.46. The number of benzene rings is 1. The average Bonchev–Trinajstić information content (AvgIpc) is 2.65. The molecule has 0 fully saturated rings. The topological polar surface area (TPSA) is 13.1 Å². The molecule has 0 aliphatic heterocycles. The number of hydrogen-bond donors (Lipinski definition) is 0. The smallest absolute Gasteiger partial charge is 0.134 e. The van der Waals surface area contributed by atoms with Crippen LogP contribution in [-0.4, -0.2) is 0 Å². The van der Waals surface area contributed by atoms with Crippen LogP contribution in [0.15, 0.2) is 45.3 Å². The molecule has 0 aliphatic carbocycles. The molecule has 0 unspecified atom stereocenters. The highest BCUT2D eigenvalue weighted by Gasteiger charge is 2.18. The first-order valence-corrected chi connectivity index (χ1v) is 6.12. The maximum atomic E-state index is 5.87. The Kier molecular flexibility index (Phi) is 2.94. The van der Waals surface area contributed by atoms with Crippen molar-refractivity contribution in [1.29, 1.82) is 0 Å². The summed E-state index contributed by atoms with van der Waals surface area (Å²) < 4.78 is 6.94. The summed E-state index contributed by atoms with van der Waals surface area (Å²) in [5, 5.41) is 0. The molecule has 0 bridgehead atoms. The van der Waals surface area contributed by atoms with E-state index in [1.807, 2.05) is 18.2 Å². The van der Waals surface area contributed by atoms with Gasteiger partial charge in [-0.05, 0) is 24.3 Å². The van der Waals surface area contributed by atoms with Gasteiger partial charge in [0.15, 0.2) is 0 Å². The number of halogens is 1. The van der Waals surface area contributed by atoms with E-state index in [1.165, 1.54) is 0 Å². The molecule has 0 atom stereocenters. The summed E-state index contributed by atoms with van der Waals surface area (Å²) in [5.41, 5.74) is 1.16. The molecule has 16 heavy (non-hydrogen) atoms. The van der Waals surface area contributed by atoms with Crippen molar-refractivity contribution in [1.82, 2.24) is 0 Å². The molecule has 84 valence electrons. The molecule has 0 amide bonds. The zero-order chi connectivity index (χ0) is 11.8. The van der Waals surface area contributed by atoms with Gasteiger partial charge in [0.05, 0.1) is 0 Å². The van der Waals surface area contributed by atoms with Crippen LogP contribution < -0.4 is 0 Å². The van der Waals surface area contributed by atoms with E-state index in [-0.39, 0.29) is 5.41 Å². The van der Waals surface area contributed by atoms with E-state index >= 15 is 0 Å². The van der Waals surface area contributed by atoms with Crippen molar-refractivity contribution < 1.29 is 4.42 Å². The molecule has 0 radical (unpaired) electrons. The van der Waals surface area contributed by atoms with Crippen molar-refractivity contribution in [2.45, 2.75) is 26.2 Å². The minimum Gasteiger partial charge on any atom is -0.461 e. The van der Waals surface area contributed by atoms with Crippen molar-refractivity contribution in [2.24, 2.45) is 0 Å². The van der Waals surface area contributed by atoms with Gasteiger partial charge in [-0.15, -0.1) is 0 Å². The summed E-state index contributed by atoms with van der Waals surface area (Å²) in [4.78, 5) is 0. The molecule has 1 heterocycles. The third-order valence-corrected chi connectivity index (χ3v) is 2.95. The van der Waals surface area contributed by atoms with Gasteiger partial charge in [-0.3, -0.25) is 0 Å². The molecular weight excluding hydrogens is 264 g/mol. The lowest BCUT2D eigenvalue weighted by Crippen LogP contribution is -2.08. The lowest BCUT2D eigenvalue weighted by molar-refractivity contribution is 0.417. The van der Waals surface area contributed by atoms with Crippen molar-refractivity contribution in [3.63, 3.8) is 0 Å². The Balaban J connectivity index is 2.39. The van der Waals surface area contributed by atoms with Gasteiger partial charge in [0.1, 0.15) is 11.5 Å².